The highest BCUT2D eigenvalue weighted by molar-refractivity contribution is 5.95. The van der Waals surface area contributed by atoms with Crippen LogP contribution in [0.1, 0.15) is 15.9 Å². The largest absolute Gasteiger partial charge is 0.438 e. The molecule has 8 nitrogen and oxygen atoms in total. The number of nitrogens with zero attached hydrogens (tertiary/aromatic N) is 2. The van der Waals surface area contributed by atoms with Gasteiger partial charge in [-0.25, -0.2) is 4.98 Å². The number of pyridine rings is 1. The van der Waals surface area contributed by atoms with Crippen molar-refractivity contribution in [2.45, 2.75) is 6.61 Å². The molecule has 0 saturated carbocycles. The summed E-state index contributed by atoms with van der Waals surface area (Å²) in [7, 11) is 0. The Kier molecular flexibility index (Phi) is 4.10. The third-order valence-electron chi connectivity index (χ3n) is 2.66. The zero-order chi connectivity index (χ0) is 15.4. The molecule has 0 unspecified atom stereocenters. The number of hydrogen-bond donors (Lipinski definition) is 2. The second-order valence-electron chi connectivity index (χ2n) is 4.04. The van der Waals surface area contributed by atoms with E-state index in [9.17, 15) is 20.0 Å². The lowest BCUT2D eigenvalue weighted by Crippen LogP contribution is -2.13. The number of carbonyl (C=O) groups excluding carboxylic acids is 1. The van der Waals surface area contributed by atoms with Crippen molar-refractivity contribution in [2.24, 2.45) is 5.73 Å². The summed E-state index contributed by atoms with van der Waals surface area (Å²) in [5.74, 6) is -0.777. The Morgan fingerprint density at radius 3 is 2.76 bits per heavy atom. The van der Waals surface area contributed by atoms with E-state index in [-0.39, 0.29) is 29.5 Å². The quantitative estimate of drug-likeness (QED) is 0.631. The summed E-state index contributed by atoms with van der Waals surface area (Å²) in [5.41, 5.74) is 5.08. The van der Waals surface area contributed by atoms with Gasteiger partial charge in [-0.05, 0) is 6.07 Å². The number of benzene rings is 1. The summed E-state index contributed by atoms with van der Waals surface area (Å²) in [4.78, 5) is 25.1. The number of amides is 1. The predicted molar refractivity (Wildman–Crippen MR) is 71.8 cm³/mol. The fourth-order valence-corrected chi connectivity index (χ4v) is 1.64. The van der Waals surface area contributed by atoms with E-state index in [1.165, 1.54) is 0 Å². The standard InChI is InChI=1S/C13H11N3O5/c14-12(18)10-5-9(16(19)20)6-15-13(10)21-11-4-2-1-3-8(11)7-17/h1-6,17H,7H2,(H2,14,18). The molecule has 0 aliphatic carbocycles. The predicted octanol–water partition coefficient (Wildman–Crippen LogP) is 1.37. The van der Waals surface area contributed by atoms with E-state index >= 15 is 0 Å². The Morgan fingerprint density at radius 1 is 1.43 bits per heavy atom. The number of nitrogens with two attached hydrogens (primary N) is 1. The van der Waals surface area contributed by atoms with E-state index in [0.29, 0.717) is 5.56 Å². The third-order valence-corrected chi connectivity index (χ3v) is 2.66. The Morgan fingerprint density at radius 2 is 2.14 bits per heavy atom. The normalized spacial score (nSPS) is 10.1. The van der Waals surface area contributed by atoms with Crippen molar-refractivity contribution < 1.29 is 19.6 Å². The van der Waals surface area contributed by atoms with Crippen molar-refractivity contribution in [2.75, 3.05) is 0 Å². The number of hydrogen-bond acceptors (Lipinski definition) is 6. The number of ether oxygens (including phenoxy) is 1. The first-order valence-electron chi connectivity index (χ1n) is 5.83. The van der Waals surface area contributed by atoms with Gasteiger partial charge in [-0.3, -0.25) is 14.9 Å². The van der Waals surface area contributed by atoms with E-state index in [1.54, 1.807) is 24.3 Å². The lowest BCUT2D eigenvalue weighted by molar-refractivity contribution is -0.385. The molecule has 0 fully saturated rings. The van der Waals surface area contributed by atoms with Gasteiger partial charge in [0.2, 0.25) is 5.88 Å². The first kappa shape index (κ1) is 14.4. The van der Waals surface area contributed by atoms with Gasteiger partial charge in [0.15, 0.2) is 0 Å². The maximum Gasteiger partial charge on any atom is 0.288 e. The Hall–Kier alpha value is -3.00. The summed E-state index contributed by atoms with van der Waals surface area (Å²) in [6, 6.07) is 7.57. The summed E-state index contributed by atoms with van der Waals surface area (Å²) < 4.78 is 5.43. The van der Waals surface area contributed by atoms with Crippen molar-refractivity contribution in [3.05, 3.63) is 57.8 Å². The molecule has 0 aliphatic heterocycles. The molecule has 0 radical (unpaired) electrons. The van der Waals surface area contributed by atoms with E-state index in [0.717, 1.165) is 12.3 Å². The number of nitro groups is 1. The molecule has 0 saturated heterocycles. The number of primary amides is 1. The third kappa shape index (κ3) is 3.12. The zero-order valence-corrected chi connectivity index (χ0v) is 10.7. The van der Waals surface area contributed by atoms with E-state index in [1.807, 2.05) is 0 Å². The van der Waals surface area contributed by atoms with Gasteiger partial charge in [0, 0.05) is 11.6 Å². The SMILES string of the molecule is NC(=O)c1cc([N+](=O)[O-])cnc1Oc1ccccc1CO. The van der Waals surface area contributed by atoms with E-state index < -0.39 is 10.8 Å². The second-order valence-corrected chi connectivity index (χ2v) is 4.04. The molecule has 0 atom stereocenters. The number of aliphatic hydroxyl groups excluding tert-OH is 1. The minimum atomic E-state index is -0.900. The van der Waals surface area contributed by atoms with Crippen LogP contribution in [0.3, 0.4) is 0 Å². The number of carbonyl (C=O) groups is 1. The number of aromatic nitrogens is 1. The summed E-state index contributed by atoms with van der Waals surface area (Å²) in [5, 5.41) is 19.9. The van der Waals surface area contributed by atoms with Gasteiger partial charge in [0.25, 0.3) is 11.6 Å². The first-order valence-corrected chi connectivity index (χ1v) is 5.83. The minimum Gasteiger partial charge on any atom is -0.438 e. The fourth-order valence-electron chi connectivity index (χ4n) is 1.64. The molecule has 1 aromatic carbocycles. The van der Waals surface area contributed by atoms with Crippen LogP contribution in [0, 0.1) is 10.1 Å². The van der Waals surface area contributed by atoms with Crippen LogP contribution in [0.2, 0.25) is 0 Å². The highest BCUT2D eigenvalue weighted by Crippen LogP contribution is 2.28. The highest BCUT2D eigenvalue weighted by Gasteiger charge is 2.18. The van der Waals surface area contributed by atoms with Gasteiger partial charge < -0.3 is 15.6 Å². The zero-order valence-electron chi connectivity index (χ0n) is 10.7. The Balaban J connectivity index is 2.44. The number of para-hydroxylation sites is 1. The molecule has 8 heteroatoms. The molecule has 2 aromatic rings. The molecule has 0 spiro atoms. The molecule has 1 heterocycles. The highest BCUT2D eigenvalue weighted by atomic mass is 16.6. The van der Waals surface area contributed by atoms with E-state index in [4.69, 9.17) is 10.5 Å². The van der Waals surface area contributed by atoms with Crippen molar-refractivity contribution in [3.63, 3.8) is 0 Å². The van der Waals surface area contributed by atoms with Gasteiger partial charge in [0.05, 0.1) is 11.5 Å². The lowest BCUT2D eigenvalue weighted by Gasteiger charge is -2.10. The number of aliphatic hydroxyl groups is 1. The van der Waals surface area contributed by atoms with Crippen LogP contribution in [0.4, 0.5) is 5.69 Å². The van der Waals surface area contributed by atoms with Gasteiger partial charge in [-0.1, -0.05) is 18.2 Å². The Bertz CT molecular complexity index is 702. The monoisotopic (exact) mass is 289 g/mol. The molecule has 1 amide bonds. The molecular formula is C13H11N3O5. The van der Waals surface area contributed by atoms with E-state index in [2.05, 4.69) is 4.98 Å². The van der Waals surface area contributed by atoms with Crippen LogP contribution in [0.5, 0.6) is 11.6 Å². The van der Waals surface area contributed by atoms with Gasteiger partial charge in [-0.15, -0.1) is 0 Å². The molecule has 3 N–H and O–H groups in total. The second kappa shape index (κ2) is 5.97. The average molecular weight is 289 g/mol. The van der Waals surface area contributed by atoms with Crippen LogP contribution in [-0.4, -0.2) is 20.9 Å². The molecule has 2 rings (SSSR count). The minimum absolute atomic E-state index is 0.158. The Labute approximate surface area is 119 Å². The van der Waals surface area contributed by atoms with Gasteiger partial charge >= 0.3 is 0 Å². The molecule has 108 valence electrons. The van der Waals surface area contributed by atoms with Crippen molar-refractivity contribution in [1.82, 2.24) is 4.98 Å². The summed E-state index contributed by atoms with van der Waals surface area (Å²) in [6.45, 7) is -0.269. The van der Waals surface area contributed by atoms with Gasteiger partial charge in [0.1, 0.15) is 17.5 Å². The van der Waals surface area contributed by atoms with Crippen LogP contribution >= 0.6 is 0 Å². The average Bonchev–Trinajstić information content (AvgIpc) is 2.47. The van der Waals surface area contributed by atoms with Crippen LogP contribution < -0.4 is 10.5 Å². The van der Waals surface area contributed by atoms with Gasteiger partial charge in [-0.2, -0.15) is 0 Å². The smallest absolute Gasteiger partial charge is 0.288 e. The molecular weight excluding hydrogens is 278 g/mol. The van der Waals surface area contributed by atoms with Crippen molar-refractivity contribution >= 4 is 11.6 Å². The molecule has 0 bridgehead atoms. The topological polar surface area (TPSA) is 129 Å². The summed E-state index contributed by atoms with van der Waals surface area (Å²) >= 11 is 0. The first-order chi connectivity index (χ1) is 10.0. The number of rotatable bonds is 5. The fraction of sp³-hybridized carbons (Fsp3) is 0.0769. The van der Waals surface area contributed by atoms with Crippen LogP contribution in [0.15, 0.2) is 36.5 Å². The van der Waals surface area contributed by atoms with Crippen molar-refractivity contribution in [3.8, 4) is 11.6 Å². The molecule has 0 aliphatic rings. The maximum absolute atomic E-state index is 11.4. The van der Waals surface area contributed by atoms with Crippen LogP contribution in [-0.2, 0) is 6.61 Å². The lowest BCUT2D eigenvalue weighted by atomic mass is 10.2. The molecule has 21 heavy (non-hydrogen) atoms. The van der Waals surface area contributed by atoms with Crippen molar-refractivity contribution in [1.29, 1.82) is 0 Å². The summed E-state index contributed by atoms with van der Waals surface area (Å²) in [6.07, 6.45) is 0.962. The van der Waals surface area contributed by atoms with Crippen LogP contribution in [0.25, 0.3) is 0 Å². The molecule has 1 aromatic heterocycles. The maximum atomic E-state index is 11.4.